The maximum Gasteiger partial charge on any atom is 0.0959 e. The Morgan fingerprint density at radius 3 is 2.80 bits per heavy atom. The average molecular weight is 293 g/mol. The van der Waals surface area contributed by atoms with Gasteiger partial charge in [-0.25, -0.2) is 4.98 Å². The number of thiazole rings is 1. The normalized spacial score (nSPS) is 28.1. The summed E-state index contributed by atoms with van der Waals surface area (Å²) in [7, 11) is 0. The van der Waals surface area contributed by atoms with Crippen molar-refractivity contribution in [3.05, 3.63) is 16.1 Å². The highest BCUT2D eigenvalue weighted by atomic mass is 32.1. The molecule has 0 spiro atoms. The van der Waals surface area contributed by atoms with E-state index in [-0.39, 0.29) is 5.41 Å². The topological polar surface area (TPSA) is 42.2 Å². The van der Waals surface area contributed by atoms with Crippen molar-refractivity contribution in [2.75, 3.05) is 13.1 Å². The van der Waals surface area contributed by atoms with E-state index in [1.165, 1.54) is 36.4 Å². The highest BCUT2D eigenvalue weighted by molar-refractivity contribution is 7.09. The fraction of sp³-hybridized carbons (Fsp3) is 0.812. The lowest BCUT2D eigenvalue weighted by atomic mass is 9.80. The quantitative estimate of drug-likeness (QED) is 0.929. The molecule has 1 aromatic heterocycles. The Morgan fingerprint density at radius 2 is 2.10 bits per heavy atom. The maximum absolute atomic E-state index is 6.21. The number of likely N-dealkylation sites (tertiary alicyclic amines) is 1. The van der Waals surface area contributed by atoms with Gasteiger partial charge < -0.3 is 5.73 Å². The van der Waals surface area contributed by atoms with Gasteiger partial charge in [-0.2, -0.15) is 0 Å². The van der Waals surface area contributed by atoms with Gasteiger partial charge in [0.05, 0.1) is 10.7 Å². The lowest BCUT2D eigenvalue weighted by Crippen LogP contribution is -2.52. The summed E-state index contributed by atoms with van der Waals surface area (Å²) < 4.78 is 0. The first-order valence-corrected chi connectivity index (χ1v) is 8.85. The van der Waals surface area contributed by atoms with Crippen LogP contribution in [0, 0.1) is 5.41 Å². The van der Waals surface area contributed by atoms with Gasteiger partial charge in [-0.3, -0.25) is 4.90 Å². The molecule has 1 aromatic rings. The molecular formula is C16H27N3S. The SMILES string of the molecule is CC1(C)CN(Cc2csc(C3CCCC3)n2)CCC1N. The average Bonchev–Trinajstić information content (AvgIpc) is 3.03. The van der Waals surface area contributed by atoms with Gasteiger partial charge in [0, 0.05) is 37.0 Å². The van der Waals surface area contributed by atoms with Crippen molar-refractivity contribution in [2.24, 2.45) is 11.1 Å². The number of hydrogen-bond acceptors (Lipinski definition) is 4. The van der Waals surface area contributed by atoms with Crippen molar-refractivity contribution in [1.29, 1.82) is 0 Å². The van der Waals surface area contributed by atoms with Crippen LogP contribution in [-0.4, -0.2) is 29.0 Å². The molecule has 2 N–H and O–H groups in total. The lowest BCUT2D eigenvalue weighted by Gasteiger charge is -2.42. The van der Waals surface area contributed by atoms with E-state index >= 15 is 0 Å². The second kappa shape index (κ2) is 5.74. The smallest absolute Gasteiger partial charge is 0.0959 e. The van der Waals surface area contributed by atoms with Crippen LogP contribution in [0.2, 0.25) is 0 Å². The summed E-state index contributed by atoms with van der Waals surface area (Å²) in [5.74, 6) is 0.750. The van der Waals surface area contributed by atoms with E-state index < -0.39 is 0 Å². The lowest BCUT2D eigenvalue weighted by molar-refractivity contribution is 0.0890. The third-order valence-corrected chi connectivity index (χ3v) is 6.11. The fourth-order valence-electron chi connectivity index (χ4n) is 3.60. The molecule has 4 heteroatoms. The first-order valence-electron chi connectivity index (χ1n) is 7.97. The summed E-state index contributed by atoms with van der Waals surface area (Å²) in [5, 5.41) is 3.65. The number of aromatic nitrogens is 1. The van der Waals surface area contributed by atoms with Crippen molar-refractivity contribution in [1.82, 2.24) is 9.88 Å². The van der Waals surface area contributed by atoms with Crippen molar-refractivity contribution in [2.45, 2.75) is 64.5 Å². The molecule has 0 radical (unpaired) electrons. The van der Waals surface area contributed by atoms with Gasteiger partial charge in [-0.1, -0.05) is 26.7 Å². The van der Waals surface area contributed by atoms with Gasteiger partial charge in [0.15, 0.2) is 0 Å². The molecule has 1 saturated heterocycles. The summed E-state index contributed by atoms with van der Waals surface area (Å²) >= 11 is 1.87. The van der Waals surface area contributed by atoms with Crippen LogP contribution in [0.3, 0.4) is 0 Å². The van der Waals surface area contributed by atoms with E-state index in [1.54, 1.807) is 0 Å². The van der Waals surface area contributed by atoms with Crippen LogP contribution in [0.1, 0.15) is 62.6 Å². The van der Waals surface area contributed by atoms with Crippen molar-refractivity contribution >= 4 is 11.3 Å². The zero-order chi connectivity index (χ0) is 14.2. The second-order valence-corrected chi connectivity index (χ2v) is 8.14. The molecule has 3 rings (SSSR count). The Kier molecular flexibility index (Phi) is 4.16. The minimum absolute atomic E-state index is 0.225. The minimum Gasteiger partial charge on any atom is -0.327 e. The minimum atomic E-state index is 0.225. The Bertz CT molecular complexity index is 448. The van der Waals surface area contributed by atoms with E-state index in [9.17, 15) is 0 Å². The molecule has 1 saturated carbocycles. The second-order valence-electron chi connectivity index (χ2n) is 7.25. The summed E-state index contributed by atoms with van der Waals surface area (Å²) in [6.07, 6.45) is 6.57. The molecular weight excluding hydrogens is 266 g/mol. The van der Waals surface area contributed by atoms with Gasteiger partial charge >= 0.3 is 0 Å². The van der Waals surface area contributed by atoms with Crippen LogP contribution >= 0.6 is 11.3 Å². The Balaban J connectivity index is 1.60. The van der Waals surface area contributed by atoms with Crippen LogP contribution in [0.4, 0.5) is 0 Å². The molecule has 2 fully saturated rings. The number of hydrogen-bond donors (Lipinski definition) is 1. The third-order valence-electron chi connectivity index (χ3n) is 5.05. The Labute approximate surface area is 126 Å². The first kappa shape index (κ1) is 14.5. The number of nitrogens with zero attached hydrogens (tertiary/aromatic N) is 2. The van der Waals surface area contributed by atoms with E-state index in [0.717, 1.165) is 32.0 Å². The molecule has 2 heterocycles. The predicted octanol–water partition coefficient (Wildman–Crippen LogP) is 3.36. The van der Waals surface area contributed by atoms with Crippen LogP contribution < -0.4 is 5.73 Å². The summed E-state index contributed by atoms with van der Waals surface area (Å²) in [4.78, 5) is 7.42. The molecule has 112 valence electrons. The molecule has 1 aliphatic carbocycles. The zero-order valence-electron chi connectivity index (χ0n) is 12.8. The molecule has 20 heavy (non-hydrogen) atoms. The van der Waals surface area contributed by atoms with Gasteiger partial charge in [-0.15, -0.1) is 11.3 Å². The number of nitrogens with two attached hydrogens (primary N) is 1. The van der Waals surface area contributed by atoms with Crippen LogP contribution in [-0.2, 0) is 6.54 Å². The Hall–Kier alpha value is -0.450. The zero-order valence-corrected chi connectivity index (χ0v) is 13.6. The van der Waals surface area contributed by atoms with Gasteiger partial charge in [0.25, 0.3) is 0 Å². The maximum atomic E-state index is 6.21. The molecule has 3 nitrogen and oxygen atoms in total. The third kappa shape index (κ3) is 3.07. The van der Waals surface area contributed by atoms with Crippen LogP contribution in [0.25, 0.3) is 0 Å². The predicted molar refractivity (Wildman–Crippen MR) is 85.0 cm³/mol. The van der Waals surface area contributed by atoms with Crippen molar-refractivity contribution < 1.29 is 0 Å². The Morgan fingerprint density at radius 1 is 1.35 bits per heavy atom. The van der Waals surface area contributed by atoms with Crippen LogP contribution in [0.15, 0.2) is 5.38 Å². The molecule has 0 aromatic carbocycles. The number of piperidine rings is 1. The van der Waals surface area contributed by atoms with E-state index in [0.29, 0.717) is 6.04 Å². The summed E-state index contributed by atoms with van der Waals surface area (Å²) in [6.45, 7) is 7.77. The summed E-state index contributed by atoms with van der Waals surface area (Å²) in [5.41, 5.74) is 7.71. The van der Waals surface area contributed by atoms with Gasteiger partial charge in [0.1, 0.15) is 0 Å². The molecule has 2 aliphatic rings. The molecule has 1 aliphatic heterocycles. The van der Waals surface area contributed by atoms with Crippen molar-refractivity contribution in [3.63, 3.8) is 0 Å². The van der Waals surface area contributed by atoms with Gasteiger partial charge in [-0.05, 0) is 24.7 Å². The van der Waals surface area contributed by atoms with E-state index in [2.05, 4.69) is 24.1 Å². The molecule has 0 bridgehead atoms. The highest BCUT2D eigenvalue weighted by Gasteiger charge is 2.33. The van der Waals surface area contributed by atoms with Gasteiger partial charge in [0.2, 0.25) is 0 Å². The fourth-order valence-corrected chi connectivity index (χ4v) is 4.59. The summed E-state index contributed by atoms with van der Waals surface area (Å²) in [6, 6.07) is 0.336. The van der Waals surface area contributed by atoms with E-state index in [1.807, 2.05) is 11.3 Å². The van der Waals surface area contributed by atoms with Crippen LogP contribution in [0.5, 0.6) is 0 Å². The van der Waals surface area contributed by atoms with Crippen molar-refractivity contribution in [3.8, 4) is 0 Å². The first-order chi connectivity index (χ1) is 9.54. The largest absolute Gasteiger partial charge is 0.327 e. The highest BCUT2D eigenvalue weighted by Crippen LogP contribution is 2.36. The monoisotopic (exact) mass is 293 g/mol. The molecule has 1 atom stereocenters. The molecule has 0 amide bonds. The molecule has 1 unspecified atom stereocenters. The van der Waals surface area contributed by atoms with E-state index in [4.69, 9.17) is 10.7 Å². The standard InChI is InChI=1S/C16H27N3S/c1-16(2)11-19(8-7-14(16)17)9-13-10-20-15(18-13)12-5-3-4-6-12/h10,12,14H,3-9,11,17H2,1-2H3. The number of rotatable bonds is 3.